The van der Waals surface area contributed by atoms with Crippen molar-refractivity contribution in [1.82, 2.24) is 5.32 Å². The molecule has 1 aromatic carbocycles. The lowest BCUT2D eigenvalue weighted by molar-refractivity contribution is -0.142. The average molecular weight is 339 g/mol. The van der Waals surface area contributed by atoms with Gasteiger partial charge in [-0.15, -0.1) is 0 Å². The molecule has 2 N–H and O–H groups in total. The normalized spacial score (nSPS) is 20.4. The van der Waals surface area contributed by atoms with E-state index < -0.39 is 23.4 Å². The summed E-state index contributed by atoms with van der Waals surface area (Å²) in [4.78, 5) is 34.6. The zero-order valence-corrected chi connectivity index (χ0v) is 13.1. The van der Waals surface area contributed by atoms with Crippen molar-refractivity contribution in [2.24, 2.45) is 5.92 Å². The van der Waals surface area contributed by atoms with Crippen LogP contribution in [0.2, 0.25) is 0 Å². The van der Waals surface area contributed by atoms with Crippen LogP contribution in [0.25, 0.3) is 0 Å². The number of carboxylic acid groups (broad SMARTS) is 1. The Balaban J connectivity index is 1.77. The second kappa shape index (κ2) is 7.99. The van der Waals surface area contributed by atoms with Crippen molar-refractivity contribution in [3.8, 4) is 0 Å². The topological polar surface area (TPSA) is 83.5 Å². The maximum Gasteiger partial charge on any atom is 0.306 e. The molecule has 0 aromatic heterocycles. The predicted molar refractivity (Wildman–Crippen MR) is 81.4 cm³/mol. The Morgan fingerprint density at radius 2 is 1.75 bits per heavy atom. The minimum Gasteiger partial charge on any atom is -0.481 e. The van der Waals surface area contributed by atoms with Gasteiger partial charge in [0.15, 0.2) is 5.78 Å². The molecule has 24 heavy (non-hydrogen) atoms. The molecule has 0 aliphatic heterocycles. The summed E-state index contributed by atoms with van der Waals surface area (Å²) in [5, 5.41) is 11.7. The summed E-state index contributed by atoms with van der Waals surface area (Å²) in [5.41, 5.74) is -0.230. The highest BCUT2D eigenvalue weighted by Gasteiger charge is 2.26. The van der Waals surface area contributed by atoms with Crippen LogP contribution in [0.5, 0.6) is 0 Å². The van der Waals surface area contributed by atoms with Crippen molar-refractivity contribution in [3.05, 3.63) is 35.4 Å². The number of rotatable bonds is 6. The van der Waals surface area contributed by atoms with E-state index in [0.29, 0.717) is 31.7 Å². The fraction of sp³-hybridized carbons (Fsp3) is 0.471. The minimum atomic E-state index is -0.938. The summed E-state index contributed by atoms with van der Waals surface area (Å²) in [6.07, 6.45) is 1.94. The molecule has 5 nitrogen and oxygen atoms in total. The molecule has 1 fully saturated rings. The van der Waals surface area contributed by atoms with Gasteiger partial charge in [-0.3, -0.25) is 14.4 Å². The Labute approximate surface area is 138 Å². The van der Waals surface area contributed by atoms with Gasteiger partial charge in [0.2, 0.25) is 5.91 Å². The molecule has 1 aliphatic rings. The van der Waals surface area contributed by atoms with E-state index in [0.717, 1.165) is 12.1 Å². The van der Waals surface area contributed by atoms with Crippen molar-refractivity contribution in [2.45, 2.75) is 44.6 Å². The zero-order valence-electron chi connectivity index (χ0n) is 13.1. The largest absolute Gasteiger partial charge is 0.481 e. The van der Waals surface area contributed by atoms with Crippen molar-refractivity contribution in [2.75, 3.05) is 0 Å². The number of hydrogen-bond acceptors (Lipinski definition) is 3. The lowest BCUT2D eigenvalue weighted by atomic mass is 9.86. The average Bonchev–Trinajstić information content (AvgIpc) is 2.53. The van der Waals surface area contributed by atoms with Crippen LogP contribution >= 0.6 is 0 Å². The third-order valence-corrected chi connectivity index (χ3v) is 4.25. The second-order valence-electron chi connectivity index (χ2n) is 6.00. The molecule has 7 heteroatoms. The molecule has 1 saturated carbocycles. The summed E-state index contributed by atoms with van der Waals surface area (Å²) in [6, 6.07) is 2.61. The van der Waals surface area contributed by atoms with E-state index in [1.807, 2.05) is 0 Å². The fourth-order valence-electron chi connectivity index (χ4n) is 2.86. The van der Waals surface area contributed by atoms with Crippen LogP contribution in [0.3, 0.4) is 0 Å². The SMILES string of the molecule is O=C(CCC(=O)c1ccc(F)cc1F)NC1CCC(C(=O)O)CC1. The van der Waals surface area contributed by atoms with E-state index >= 15 is 0 Å². The summed E-state index contributed by atoms with van der Waals surface area (Å²) in [7, 11) is 0. The van der Waals surface area contributed by atoms with Gasteiger partial charge in [-0.1, -0.05) is 0 Å². The van der Waals surface area contributed by atoms with Gasteiger partial charge in [0.25, 0.3) is 0 Å². The third-order valence-electron chi connectivity index (χ3n) is 4.25. The van der Waals surface area contributed by atoms with Crippen LogP contribution in [-0.2, 0) is 9.59 Å². The second-order valence-corrected chi connectivity index (χ2v) is 6.00. The highest BCUT2D eigenvalue weighted by Crippen LogP contribution is 2.24. The molecular formula is C17H19F2NO4. The number of nitrogens with one attached hydrogen (secondary N) is 1. The van der Waals surface area contributed by atoms with Crippen molar-refractivity contribution < 1.29 is 28.3 Å². The molecule has 0 heterocycles. The monoisotopic (exact) mass is 339 g/mol. The lowest BCUT2D eigenvalue weighted by Crippen LogP contribution is -2.38. The molecule has 0 unspecified atom stereocenters. The molecular weight excluding hydrogens is 320 g/mol. The molecule has 1 amide bonds. The van der Waals surface area contributed by atoms with Gasteiger partial charge >= 0.3 is 5.97 Å². The van der Waals surface area contributed by atoms with Crippen molar-refractivity contribution in [1.29, 1.82) is 0 Å². The summed E-state index contributed by atoms with van der Waals surface area (Å²) in [6.45, 7) is 0. The van der Waals surface area contributed by atoms with Gasteiger partial charge in [-0.2, -0.15) is 0 Å². The number of halogens is 2. The number of benzene rings is 1. The third kappa shape index (κ3) is 4.84. The number of carbonyl (C=O) groups is 3. The van der Waals surface area contributed by atoms with E-state index in [9.17, 15) is 23.2 Å². The number of Topliss-reactive ketones (excluding diaryl/α,β-unsaturated/α-hetero) is 1. The smallest absolute Gasteiger partial charge is 0.306 e. The van der Waals surface area contributed by atoms with Crippen LogP contribution < -0.4 is 5.32 Å². The molecule has 130 valence electrons. The first-order valence-electron chi connectivity index (χ1n) is 7.87. The van der Waals surface area contributed by atoms with Gasteiger partial charge in [0.05, 0.1) is 11.5 Å². The van der Waals surface area contributed by atoms with Gasteiger partial charge < -0.3 is 10.4 Å². The van der Waals surface area contributed by atoms with Gasteiger partial charge in [0.1, 0.15) is 11.6 Å². The Morgan fingerprint density at radius 1 is 1.08 bits per heavy atom. The van der Waals surface area contributed by atoms with Crippen LogP contribution in [0, 0.1) is 17.6 Å². The van der Waals surface area contributed by atoms with E-state index in [-0.39, 0.29) is 36.3 Å². The van der Waals surface area contributed by atoms with E-state index in [4.69, 9.17) is 5.11 Å². The van der Waals surface area contributed by atoms with Crippen LogP contribution in [0.1, 0.15) is 48.9 Å². The quantitative estimate of drug-likeness (QED) is 0.781. The number of carboxylic acids is 1. The number of carbonyl (C=O) groups excluding carboxylic acids is 2. The molecule has 0 bridgehead atoms. The molecule has 0 spiro atoms. The lowest BCUT2D eigenvalue weighted by Gasteiger charge is -2.26. The van der Waals surface area contributed by atoms with E-state index in [1.165, 1.54) is 0 Å². The molecule has 1 aromatic rings. The van der Waals surface area contributed by atoms with Gasteiger partial charge in [-0.25, -0.2) is 8.78 Å². The van der Waals surface area contributed by atoms with Crippen molar-refractivity contribution >= 4 is 17.7 Å². The van der Waals surface area contributed by atoms with E-state index in [2.05, 4.69) is 5.32 Å². The summed E-state index contributed by atoms with van der Waals surface area (Å²) in [5.74, 6) is -3.76. The first-order valence-corrected chi connectivity index (χ1v) is 7.87. The first-order chi connectivity index (χ1) is 11.4. The number of hydrogen-bond donors (Lipinski definition) is 2. The highest BCUT2D eigenvalue weighted by atomic mass is 19.1. The maximum atomic E-state index is 13.5. The minimum absolute atomic E-state index is 0.0888. The molecule has 2 rings (SSSR count). The molecule has 0 saturated heterocycles. The summed E-state index contributed by atoms with van der Waals surface area (Å²) >= 11 is 0. The van der Waals surface area contributed by atoms with Crippen LogP contribution in [0.15, 0.2) is 18.2 Å². The fourth-order valence-corrected chi connectivity index (χ4v) is 2.86. The Bertz CT molecular complexity index is 639. The Kier molecular flexibility index (Phi) is 6.00. The Morgan fingerprint density at radius 3 is 2.33 bits per heavy atom. The highest BCUT2D eigenvalue weighted by molar-refractivity contribution is 5.98. The van der Waals surface area contributed by atoms with Crippen molar-refractivity contribution in [3.63, 3.8) is 0 Å². The molecule has 0 radical (unpaired) electrons. The number of ketones is 1. The summed E-state index contributed by atoms with van der Waals surface area (Å²) < 4.78 is 26.3. The van der Waals surface area contributed by atoms with Gasteiger partial charge in [0, 0.05) is 24.9 Å². The van der Waals surface area contributed by atoms with Crippen LogP contribution in [0.4, 0.5) is 8.78 Å². The van der Waals surface area contributed by atoms with Gasteiger partial charge in [-0.05, 0) is 37.8 Å². The number of amides is 1. The van der Waals surface area contributed by atoms with E-state index in [1.54, 1.807) is 0 Å². The molecule has 1 aliphatic carbocycles. The van der Waals surface area contributed by atoms with Crippen LogP contribution in [-0.4, -0.2) is 28.8 Å². The standard InChI is InChI=1S/C17H19F2NO4/c18-11-3-6-13(14(19)9-11)15(21)7-8-16(22)20-12-4-1-10(2-5-12)17(23)24/h3,6,9-10,12H,1-2,4-5,7-8H2,(H,20,22)(H,23,24). The zero-order chi connectivity index (χ0) is 17.7. The maximum absolute atomic E-state index is 13.5. The first kappa shape index (κ1) is 18.0. The number of aliphatic carboxylic acids is 1. The predicted octanol–water partition coefficient (Wildman–Crippen LogP) is 2.69. The molecule has 0 atom stereocenters. The Hall–Kier alpha value is -2.31.